The maximum Gasteiger partial charge on any atom is 0.341 e. The number of hydrogen-bond donors (Lipinski definition) is 1. The van der Waals surface area contributed by atoms with E-state index >= 15 is 0 Å². The lowest BCUT2D eigenvalue weighted by molar-refractivity contribution is 0.0695. The molecule has 3 heterocycles. The smallest absolute Gasteiger partial charge is 0.341 e. The topological polar surface area (TPSA) is 98.0 Å². The van der Waals surface area contributed by atoms with Crippen LogP contribution in [-0.2, 0) is 0 Å². The molecule has 10 heteroatoms. The van der Waals surface area contributed by atoms with Gasteiger partial charge in [-0.15, -0.1) is 0 Å². The quantitative estimate of drug-likeness (QED) is 0.527. The number of benzene rings is 1. The molecule has 3 aromatic heterocycles. The van der Waals surface area contributed by atoms with Crippen molar-refractivity contribution in [3.8, 4) is 16.5 Å². The minimum Gasteiger partial charge on any atom is -0.477 e. The van der Waals surface area contributed by atoms with E-state index in [1.165, 1.54) is 4.57 Å². The summed E-state index contributed by atoms with van der Waals surface area (Å²) in [4.78, 5) is 32.1. The van der Waals surface area contributed by atoms with Crippen LogP contribution in [0.15, 0.2) is 47.4 Å². The van der Waals surface area contributed by atoms with E-state index in [1.54, 1.807) is 0 Å². The predicted octanol–water partition coefficient (Wildman–Crippen LogP) is 3.39. The summed E-state index contributed by atoms with van der Waals surface area (Å²) in [5.41, 5.74) is -0.639. The van der Waals surface area contributed by atoms with Crippen LogP contribution in [0.3, 0.4) is 0 Å². The van der Waals surface area contributed by atoms with Gasteiger partial charge in [0.05, 0.1) is 5.39 Å². The molecule has 0 unspecified atom stereocenters. The molecule has 4 rings (SSSR count). The Morgan fingerprint density at radius 1 is 1.22 bits per heavy atom. The molecule has 1 aromatic carbocycles. The fourth-order valence-corrected chi connectivity index (χ4v) is 3.32. The van der Waals surface area contributed by atoms with Crippen molar-refractivity contribution < 1.29 is 14.3 Å². The van der Waals surface area contributed by atoms with Gasteiger partial charge in [0.1, 0.15) is 5.56 Å². The first-order valence-electron chi connectivity index (χ1n) is 7.50. The van der Waals surface area contributed by atoms with Gasteiger partial charge >= 0.3 is 5.97 Å². The molecule has 134 valence electrons. The summed E-state index contributed by atoms with van der Waals surface area (Å²) < 4.78 is 19.3. The molecule has 0 aliphatic rings. The molecule has 0 amide bonds. The van der Waals surface area contributed by atoms with E-state index in [2.05, 4.69) is 14.3 Å². The summed E-state index contributed by atoms with van der Waals surface area (Å²) in [6.45, 7) is 0. The summed E-state index contributed by atoms with van der Waals surface area (Å²) in [5, 5.41) is 8.93. The summed E-state index contributed by atoms with van der Waals surface area (Å²) in [7, 11) is 0. The molecule has 1 N–H and O–H groups in total. The van der Waals surface area contributed by atoms with Crippen molar-refractivity contribution in [1.29, 1.82) is 0 Å². The third-order valence-corrected chi connectivity index (χ3v) is 4.75. The van der Waals surface area contributed by atoms with Crippen molar-refractivity contribution >= 4 is 40.1 Å². The average molecular weight is 403 g/mol. The van der Waals surface area contributed by atoms with Crippen LogP contribution < -0.4 is 5.43 Å². The third-order valence-electron chi connectivity index (χ3n) is 3.77. The molecule has 0 fully saturated rings. The van der Waals surface area contributed by atoms with E-state index in [0.717, 1.165) is 29.4 Å². The predicted molar refractivity (Wildman–Crippen MR) is 98.2 cm³/mol. The van der Waals surface area contributed by atoms with E-state index in [9.17, 15) is 19.1 Å². The highest BCUT2D eigenvalue weighted by molar-refractivity contribution is 7.08. The van der Waals surface area contributed by atoms with Crippen LogP contribution in [0.25, 0.3) is 27.6 Å². The van der Waals surface area contributed by atoms with Crippen LogP contribution in [0.4, 0.5) is 4.39 Å². The third kappa shape index (κ3) is 2.96. The molecular formula is C17H8ClFN4O3S. The SMILES string of the molecule is O=C(O)c1cn(-c2nc(-c3ccccc3)ns2)c2nc(Cl)c(F)cc2c1=O. The Balaban J connectivity index is 2.00. The minimum atomic E-state index is -1.45. The molecule has 0 atom stereocenters. The van der Waals surface area contributed by atoms with Crippen molar-refractivity contribution in [3.63, 3.8) is 0 Å². The zero-order chi connectivity index (χ0) is 19.1. The second kappa shape index (κ2) is 6.53. The lowest BCUT2D eigenvalue weighted by Crippen LogP contribution is -2.19. The molecule has 27 heavy (non-hydrogen) atoms. The van der Waals surface area contributed by atoms with Crippen molar-refractivity contribution in [3.05, 3.63) is 69.4 Å². The van der Waals surface area contributed by atoms with Crippen LogP contribution >= 0.6 is 23.1 Å². The van der Waals surface area contributed by atoms with Gasteiger partial charge in [-0.1, -0.05) is 41.9 Å². The van der Waals surface area contributed by atoms with Crippen LogP contribution in [-0.4, -0.2) is 30.0 Å². The first-order valence-corrected chi connectivity index (χ1v) is 8.65. The van der Waals surface area contributed by atoms with Crippen LogP contribution in [0, 0.1) is 5.82 Å². The van der Waals surface area contributed by atoms with Crippen molar-refractivity contribution in [2.45, 2.75) is 0 Å². The Morgan fingerprint density at radius 3 is 2.67 bits per heavy atom. The van der Waals surface area contributed by atoms with E-state index in [4.69, 9.17) is 11.6 Å². The highest BCUT2D eigenvalue weighted by atomic mass is 35.5. The Bertz CT molecular complexity index is 1260. The summed E-state index contributed by atoms with van der Waals surface area (Å²) in [5.74, 6) is -1.94. The number of fused-ring (bicyclic) bond motifs is 1. The van der Waals surface area contributed by atoms with Gasteiger partial charge in [0.25, 0.3) is 0 Å². The van der Waals surface area contributed by atoms with Gasteiger partial charge in [-0.3, -0.25) is 9.36 Å². The molecule has 7 nitrogen and oxygen atoms in total. The largest absolute Gasteiger partial charge is 0.477 e. The molecule has 4 aromatic rings. The highest BCUT2D eigenvalue weighted by Crippen LogP contribution is 2.24. The number of nitrogens with zero attached hydrogens (tertiary/aromatic N) is 4. The fourth-order valence-electron chi connectivity index (χ4n) is 2.52. The Kier molecular flexibility index (Phi) is 4.17. The number of aromatic nitrogens is 4. The summed E-state index contributed by atoms with van der Waals surface area (Å²) in [6.07, 6.45) is 1.09. The first-order chi connectivity index (χ1) is 13.0. The highest BCUT2D eigenvalue weighted by Gasteiger charge is 2.20. The fraction of sp³-hybridized carbons (Fsp3) is 0. The zero-order valence-electron chi connectivity index (χ0n) is 13.3. The van der Waals surface area contributed by atoms with Gasteiger partial charge in [0, 0.05) is 23.3 Å². The van der Waals surface area contributed by atoms with Gasteiger partial charge in [0.15, 0.2) is 22.4 Å². The van der Waals surface area contributed by atoms with E-state index < -0.39 is 27.9 Å². The molecule has 0 radical (unpaired) electrons. The zero-order valence-corrected chi connectivity index (χ0v) is 14.8. The van der Waals surface area contributed by atoms with Crippen molar-refractivity contribution in [1.82, 2.24) is 18.9 Å². The van der Waals surface area contributed by atoms with E-state index in [0.29, 0.717) is 5.82 Å². The number of rotatable bonds is 3. The summed E-state index contributed by atoms with van der Waals surface area (Å²) >= 11 is 6.73. The van der Waals surface area contributed by atoms with Crippen LogP contribution in [0.5, 0.6) is 0 Å². The number of hydrogen-bond acceptors (Lipinski definition) is 6. The number of carbonyl (C=O) groups is 1. The number of aromatic carboxylic acids is 1. The molecule has 0 spiro atoms. The average Bonchev–Trinajstić information content (AvgIpc) is 3.14. The molecule has 0 aliphatic carbocycles. The van der Waals surface area contributed by atoms with E-state index in [1.807, 2.05) is 30.3 Å². The maximum atomic E-state index is 13.8. The maximum absolute atomic E-state index is 13.8. The lowest BCUT2D eigenvalue weighted by Gasteiger charge is -2.08. The molecule has 0 aliphatic heterocycles. The lowest BCUT2D eigenvalue weighted by atomic mass is 10.2. The van der Waals surface area contributed by atoms with E-state index in [-0.39, 0.29) is 16.2 Å². The second-order valence-electron chi connectivity index (χ2n) is 5.45. The second-order valence-corrected chi connectivity index (χ2v) is 6.53. The normalized spacial score (nSPS) is 11.0. The number of carboxylic acid groups (broad SMARTS) is 1. The first kappa shape index (κ1) is 17.3. The van der Waals surface area contributed by atoms with Gasteiger partial charge in [-0.05, 0) is 6.07 Å². The van der Waals surface area contributed by atoms with Gasteiger partial charge in [0.2, 0.25) is 10.6 Å². The minimum absolute atomic E-state index is 0.00726. The Labute approximate surface area is 159 Å². The molecule has 0 bridgehead atoms. The molecule has 0 saturated heterocycles. The van der Waals surface area contributed by atoms with Crippen molar-refractivity contribution in [2.24, 2.45) is 0 Å². The summed E-state index contributed by atoms with van der Waals surface area (Å²) in [6, 6.07) is 10.0. The van der Waals surface area contributed by atoms with Crippen LogP contribution in [0.2, 0.25) is 5.15 Å². The van der Waals surface area contributed by atoms with Crippen molar-refractivity contribution in [2.75, 3.05) is 0 Å². The molecular weight excluding hydrogens is 395 g/mol. The van der Waals surface area contributed by atoms with Gasteiger partial charge in [-0.25, -0.2) is 14.2 Å². The van der Waals surface area contributed by atoms with Crippen LogP contribution in [0.1, 0.15) is 10.4 Å². The van der Waals surface area contributed by atoms with Gasteiger partial charge in [-0.2, -0.15) is 9.36 Å². The number of halogens is 2. The molecule has 0 saturated carbocycles. The number of pyridine rings is 2. The monoisotopic (exact) mass is 402 g/mol. The Morgan fingerprint density at radius 2 is 1.96 bits per heavy atom. The standard InChI is InChI=1S/C17H8ClFN4O3S/c18-13-11(19)6-9-12(24)10(16(25)26)7-23(15(9)20-13)17-21-14(22-27-17)8-4-2-1-3-5-8/h1-7H,(H,25,26). The van der Waals surface area contributed by atoms with Gasteiger partial charge < -0.3 is 5.11 Å². The number of carboxylic acids is 1. The Hall–Kier alpha value is -3.17.